The molecule has 2 N–H and O–H groups in total. The molecular weight excluding hydrogens is 386 g/mol. The molecule has 0 aliphatic heterocycles. The maximum absolute atomic E-state index is 13.0. The summed E-state index contributed by atoms with van der Waals surface area (Å²) >= 11 is 1.68. The number of carbonyl (C=O) groups excluding carboxylic acids is 1. The first-order chi connectivity index (χ1) is 13.9. The zero-order chi connectivity index (χ0) is 20.5. The van der Waals surface area contributed by atoms with Crippen LogP contribution in [0.4, 0.5) is 0 Å². The molecule has 148 valence electrons. The molecule has 3 heterocycles. The van der Waals surface area contributed by atoms with E-state index >= 15 is 0 Å². The predicted octanol–water partition coefficient (Wildman–Crippen LogP) is 4.34. The molecular formula is C22H21N3O3S. The first kappa shape index (κ1) is 19.3. The first-order valence-corrected chi connectivity index (χ1v) is 10.1. The van der Waals surface area contributed by atoms with Crippen molar-refractivity contribution in [1.82, 2.24) is 15.5 Å². The van der Waals surface area contributed by atoms with Crippen molar-refractivity contribution in [3.05, 3.63) is 69.0 Å². The standard InChI is InChI=1S/C22H21N3O3S/c1-12-9-16(14(3)29-12)18-10-17(20-13(2)25-28-22(20)24-18)21(27)23-11-19(26)15-7-5-4-6-8-15/h4-10,19,26H,11H2,1-3H3,(H,23,27). The monoisotopic (exact) mass is 407 g/mol. The van der Waals surface area contributed by atoms with Gasteiger partial charge in [0.2, 0.25) is 0 Å². The lowest BCUT2D eigenvalue weighted by Crippen LogP contribution is -2.28. The van der Waals surface area contributed by atoms with Gasteiger partial charge in [0.1, 0.15) is 0 Å². The third-order valence-electron chi connectivity index (χ3n) is 4.82. The summed E-state index contributed by atoms with van der Waals surface area (Å²) < 4.78 is 5.36. The van der Waals surface area contributed by atoms with Gasteiger partial charge in [-0.3, -0.25) is 4.79 Å². The van der Waals surface area contributed by atoms with E-state index in [2.05, 4.69) is 21.5 Å². The largest absolute Gasteiger partial charge is 0.387 e. The SMILES string of the molecule is Cc1cc(-c2cc(C(=O)NCC(O)c3ccccc3)c3c(C)noc3n2)c(C)s1. The number of aromatic nitrogens is 2. The molecule has 0 bridgehead atoms. The molecule has 1 amide bonds. The molecule has 29 heavy (non-hydrogen) atoms. The number of amides is 1. The van der Waals surface area contributed by atoms with Crippen LogP contribution in [0, 0.1) is 20.8 Å². The van der Waals surface area contributed by atoms with Crippen LogP contribution in [0.15, 0.2) is 47.0 Å². The van der Waals surface area contributed by atoms with Gasteiger partial charge in [0.15, 0.2) is 0 Å². The van der Waals surface area contributed by atoms with Gasteiger partial charge in [-0.2, -0.15) is 0 Å². The van der Waals surface area contributed by atoms with Crippen LogP contribution >= 0.6 is 11.3 Å². The number of thiophene rings is 1. The van der Waals surface area contributed by atoms with E-state index in [9.17, 15) is 9.90 Å². The summed E-state index contributed by atoms with van der Waals surface area (Å²) in [5, 5.41) is 17.7. The van der Waals surface area contributed by atoms with Crippen molar-refractivity contribution in [3.63, 3.8) is 0 Å². The van der Waals surface area contributed by atoms with Crippen molar-refractivity contribution in [1.29, 1.82) is 0 Å². The van der Waals surface area contributed by atoms with E-state index in [1.54, 1.807) is 24.3 Å². The number of nitrogens with one attached hydrogen (secondary N) is 1. The first-order valence-electron chi connectivity index (χ1n) is 9.29. The third kappa shape index (κ3) is 3.79. The summed E-state index contributed by atoms with van der Waals surface area (Å²) in [5.74, 6) is -0.301. The summed E-state index contributed by atoms with van der Waals surface area (Å²) in [6.07, 6.45) is -0.790. The third-order valence-corrected chi connectivity index (χ3v) is 5.78. The smallest absolute Gasteiger partial charge is 0.259 e. The van der Waals surface area contributed by atoms with Crippen LogP contribution in [0.25, 0.3) is 22.4 Å². The van der Waals surface area contributed by atoms with Crippen molar-refractivity contribution in [3.8, 4) is 11.3 Å². The van der Waals surface area contributed by atoms with E-state index in [1.807, 2.05) is 44.2 Å². The predicted molar refractivity (Wildman–Crippen MR) is 113 cm³/mol. The molecule has 1 aromatic carbocycles. The Morgan fingerprint density at radius 2 is 1.97 bits per heavy atom. The maximum Gasteiger partial charge on any atom is 0.259 e. The van der Waals surface area contributed by atoms with Gasteiger partial charge < -0.3 is 14.9 Å². The van der Waals surface area contributed by atoms with Crippen molar-refractivity contribution >= 4 is 28.3 Å². The molecule has 4 aromatic rings. The van der Waals surface area contributed by atoms with Crippen LogP contribution in [0.2, 0.25) is 0 Å². The minimum absolute atomic E-state index is 0.100. The number of nitrogens with zero attached hydrogens (tertiary/aromatic N) is 2. The quantitative estimate of drug-likeness (QED) is 0.514. The molecule has 0 fully saturated rings. The highest BCUT2D eigenvalue weighted by Crippen LogP contribution is 2.32. The van der Waals surface area contributed by atoms with E-state index in [0.29, 0.717) is 28.1 Å². The Morgan fingerprint density at radius 1 is 1.21 bits per heavy atom. The molecule has 0 saturated heterocycles. The van der Waals surface area contributed by atoms with Crippen LogP contribution in [-0.2, 0) is 0 Å². The second-order valence-electron chi connectivity index (χ2n) is 6.97. The summed E-state index contributed by atoms with van der Waals surface area (Å²) in [5.41, 5.74) is 3.76. The summed E-state index contributed by atoms with van der Waals surface area (Å²) in [7, 11) is 0. The fraction of sp³-hybridized carbons (Fsp3) is 0.227. The molecule has 0 aliphatic rings. The van der Waals surface area contributed by atoms with Gasteiger partial charge in [-0.05, 0) is 38.5 Å². The summed E-state index contributed by atoms with van der Waals surface area (Å²) in [6, 6.07) is 13.1. The lowest BCUT2D eigenvalue weighted by Gasteiger charge is -2.13. The second kappa shape index (κ2) is 7.77. The van der Waals surface area contributed by atoms with Crippen LogP contribution < -0.4 is 5.32 Å². The highest BCUT2D eigenvalue weighted by Gasteiger charge is 2.21. The number of aryl methyl sites for hydroxylation is 3. The second-order valence-corrected chi connectivity index (χ2v) is 8.43. The average Bonchev–Trinajstić information content (AvgIpc) is 3.27. The lowest BCUT2D eigenvalue weighted by molar-refractivity contribution is 0.0918. The number of aliphatic hydroxyl groups excluding tert-OH is 1. The van der Waals surface area contributed by atoms with Crippen LogP contribution in [0.5, 0.6) is 0 Å². The van der Waals surface area contributed by atoms with E-state index in [1.165, 1.54) is 4.88 Å². The molecule has 6 nitrogen and oxygen atoms in total. The molecule has 0 saturated carbocycles. The number of benzene rings is 1. The number of fused-ring (bicyclic) bond motifs is 1. The summed E-state index contributed by atoms with van der Waals surface area (Å²) in [6.45, 7) is 5.95. The highest BCUT2D eigenvalue weighted by atomic mass is 32.1. The molecule has 4 rings (SSSR count). The van der Waals surface area contributed by atoms with Gasteiger partial charge >= 0.3 is 0 Å². The van der Waals surface area contributed by atoms with Gasteiger partial charge in [-0.1, -0.05) is 35.5 Å². The van der Waals surface area contributed by atoms with Gasteiger partial charge in [-0.15, -0.1) is 11.3 Å². The minimum Gasteiger partial charge on any atom is -0.387 e. The number of aliphatic hydroxyl groups is 1. The fourth-order valence-corrected chi connectivity index (χ4v) is 4.31. The van der Waals surface area contributed by atoms with Crippen molar-refractivity contribution < 1.29 is 14.4 Å². The Labute approximate surface area is 172 Å². The Kier molecular flexibility index (Phi) is 5.17. The molecule has 3 aromatic heterocycles. The average molecular weight is 407 g/mol. The number of pyridine rings is 1. The lowest BCUT2D eigenvalue weighted by atomic mass is 10.0. The molecule has 1 atom stereocenters. The minimum atomic E-state index is -0.790. The Balaban J connectivity index is 1.67. The fourth-order valence-electron chi connectivity index (χ4n) is 3.37. The molecule has 0 radical (unpaired) electrons. The molecule has 1 unspecified atom stereocenters. The van der Waals surface area contributed by atoms with Gasteiger partial charge in [0.05, 0.1) is 28.4 Å². The van der Waals surface area contributed by atoms with Gasteiger partial charge in [-0.25, -0.2) is 4.98 Å². The van der Waals surface area contributed by atoms with Crippen LogP contribution in [0.1, 0.15) is 37.5 Å². The van der Waals surface area contributed by atoms with E-state index in [4.69, 9.17) is 4.52 Å². The molecule has 7 heteroatoms. The van der Waals surface area contributed by atoms with Crippen molar-refractivity contribution in [2.45, 2.75) is 26.9 Å². The number of hydrogen-bond acceptors (Lipinski definition) is 6. The van der Waals surface area contributed by atoms with Gasteiger partial charge in [0.25, 0.3) is 11.6 Å². The maximum atomic E-state index is 13.0. The van der Waals surface area contributed by atoms with Crippen LogP contribution in [-0.4, -0.2) is 27.7 Å². The topological polar surface area (TPSA) is 88.2 Å². The Morgan fingerprint density at radius 3 is 2.66 bits per heavy atom. The number of hydrogen-bond donors (Lipinski definition) is 2. The zero-order valence-corrected chi connectivity index (χ0v) is 17.2. The van der Waals surface area contributed by atoms with Gasteiger partial charge in [0, 0.05) is 21.9 Å². The number of carbonyl (C=O) groups is 1. The Bertz CT molecular complexity index is 1180. The van der Waals surface area contributed by atoms with Crippen molar-refractivity contribution in [2.75, 3.05) is 6.54 Å². The zero-order valence-electron chi connectivity index (χ0n) is 16.4. The summed E-state index contributed by atoms with van der Waals surface area (Å²) in [4.78, 5) is 19.9. The molecule has 0 aliphatic carbocycles. The normalized spacial score (nSPS) is 12.3. The highest BCUT2D eigenvalue weighted by molar-refractivity contribution is 7.12. The van der Waals surface area contributed by atoms with E-state index in [-0.39, 0.29) is 12.5 Å². The van der Waals surface area contributed by atoms with Crippen molar-refractivity contribution in [2.24, 2.45) is 0 Å². The van der Waals surface area contributed by atoms with E-state index in [0.717, 1.165) is 16.0 Å². The molecule has 0 spiro atoms. The Hall–Kier alpha value is -3.03. The van der Waals surface area contributed by atoms with E-state index < -0.39 is 6.10 Å². The number of rotatable bonds is 5. The van der Waals surface area contributed by atoms with Crippen LogP contribution in [0.3, 0.4) is 0 Å².